The molecule has 1 saturated heterocycles. The van der Waals surface area contributed by atoms with Gasteiger partial charge in [0.2, 0.25) is 11.8 Å². The van der Waals surface area contributed by atoms with Crippen molar-refractivity contribution in [2.45, 2.75) is 13.3 Å². The van der Waals surface area contributed by atoms with Gasteiger partial charge in [-0.1, -0.05) is 15.9 Å². The van der Waals surface area contributed by atoms with E-state index in [2.05, 4.69) is 15.9 Å². The summed E-state index contributed by atoms with van der Waals surface area (Å²) in [6.45, 7) is 1.71. The Labute approximate surface area is 108 Å². The molecule has 2 atom stereocenters. The molecule has 0 spiro atoms. The zero-order chi connectivity index (χ0) is 13.0. The van der Waals surface area contributed by atoms with Crippen molar-refractivity contribution in [2.75, 3.05) is 11.9 Å². The molecule has 90 valence electrons. The predicted octanol–water partition coefficient (Wildman–Crippen LogP) is 1.06. The second kappa shape index (κ2) is 5.79. The molecule has 5 nitrogen and oxygen atoms in total. The maximum absolute atomic E-state index is 11.9. The second-order valence-corrected chi connectivity index (χ2v) is 4.68. The first-order valence-corrected chi connectivity index (χ1v) is 6.34. The van der Waals surface area contributed by atoms with E-state index < -0.39 is 11.8 Å². The van der Waals surface area contributed by atoms with Gasteiger partial charge >= 0.3 is 0 Å². The summed E-state index contributed by atoms with van der Waals surface area (Å²) < 4.78 is 0. The molecular formula is C11H12BrN3O2. The normalized spacial score (nSPS) is 23.6. The van der Waals surface area contributed by atoms with Crippen LogP contribution in [-0.4, -0.2) is 28.6 Å². The van der Waals surface area contributed by atoms with Crippen LogP contribution < -0.4 is 0 Å². The van der Waals surface area contributed by atoms with Gasteiger partial charge in [0, 0.05) is 24.7 Å². The number of halogens is 1. The zero-order valence-corrected chi connectivity index (χ0v) is 11.0. The number of hydrogen-bond acceptors (Lipinski definition) is 4. The minimum Gasteiger partial charge on any atom is -0.282 e. The molecule has 1 aliphatic rings. The van der Waals surface area contributed by atoms with Gasteiger partial charge in [0.25, 0.3) is 0 Å². The van der Waals surface area contributed by atoms with Crippen molar-refractivity contribution < 1.29 is 9.59 Å². The summed E-state index contributed by atoms with van der Waals surface area (Å²) in [4.78, 5) is 24.4. The lowest BCUT2D eigenvalue weighted by molar-refractivity contribution is -0.142. The molecule has 0 saturated carbocycles. The first-order chi connectivity index (χ1) is 8.04. The standard InChI is InChI=1S/C11H12BrN3O2/c1-7(16)15-6-9(3-12)10(11(15)17)2-8(4-13)5-14/h8-10H,2-3,6H2,1H3/t9-,10+/m0/s1. The Morgan fingerprint density at radius 1 is 1.59 bits per heavy atom. The topological polar surface area (TPSA) is 85.0 Å². The fourth-order valence-corrected chi connectivity index (χ4v) is 2.63. The fraction of sp³-hybridized carbons (Fsp3) is 0.636. The highest BCUT2D eigenvalue weighted by Gasteiger charge is 2.42. The van der Waals surface area contributed by atoms with Crippen molar-refractivity contribution in [1.82, 2.24) is 4.90 Å². The van der Waals surface area contributed by atoms with Crippen molar-refractivity contribution in [3.63, 3.8) is 0 Å². The van der Waals surface area contributed by atoms with Crippen LogP contribution in [0.4, 0.5) is 0 Å². The van der Waals surface area contributed by atoms with Crippen LogP contribution in [0.2, 0.25) is 0 Å². The fourth-order valence-electron chi connectivity index (χ4n) is 1.98. The Morgan fingerprint density at radius 2 is 2.18 bits per heavy atom. The largest absolute Gasteiger partial charge is 0.282 e. The summed E-state index contributed by atoms with van der Waals surface area (Å²) in [5, 5.41) is 18.0. The summed E-state index contributed by atoms with van der Waals surface area (Å²) in [5.74, 6) is -1.78. The van der Waals surface area contributed by atoms with Crippen molar-refractivity contribution >= 4 is 27.7 Å². The monoisotopic (exact) mass is 297 g/mol. The Bertz CT molecular complexity index is 396. The van der Waals surface area contributed by atoms with E-state index in [4.69, 9.17) is 10.5 Å². The van der Waals surface area contributed by atoms with Crippen molar-refractivity contribution in [1.29, 1.82) is 10.5 Å². The third-order valence-corrected chi connectivity index (χ3v) is 3.78. The van der Waals surface area contributed by atoms with Gasteiger partial charge in [0.1, 0.15) is 5.92 Å². The van der Waals surface area contributed by atoms with Crippen molar-refractivity contribution in [2.24, 2.45) is 17.8 Å². The van der Waals surface area contributed by atoms with Gasteiger partial charge in [0.15, 0.2) is 0 Å². The smallest absolute Gasteiger partial charge is 0.232 e. The van der Waals surface area contributed by atoms with Crippen LogP contribution in [0.3, 0.4) is 0 Å². The van der Waals surface area contributed by atoms with Crippen LogP contribution in [0.15, 0.2) is 0 Å². The van der Waals surface area contributed by atoms with E-state index in [0.717, 1.165) is 0 Å². The number of alkyl halides is 1. The third kappa shape index (κ3) is 2.83. The quantitative estimate of drug-likeness (QED) is 0.729. The molecule has 1 fully saturated rings. The van der Waals surface area contributed by atoms with Gasteiger partial charge in [-0.25, -0.2) is 0 Å². The van der Waals surface area contributed by atoms with Crippen LogP contribution in [0, 0.1) is 40.4 Å². The molecule has 0 unspecified atom stereocenters. The average molecular weight is 298 g/mol. The Kier molecular flexibility index (Phi) is 4.65. The highest BCUT2D eigenvalue weighted by Crippen LogP contribution is 2.31. The van der Waals surface area contributed by atoms with E-state index in [9.17, 15) is 9.59 Å². The summed E-state index contributed by atoms with van der Waals surface area (Å²) >= 11 is 3.30. The molecule has 6 heteroatoms. The van der Waals surface area contributed by atoms with Crippen molar-refractivity contribution in [3.8, 4) is 12.1 Å². The van der Waals surface area contributed by atoms with Crippen molar-refractivity contribution in [3.05, 3.63) is 0 Å². The number of carbonyl (C=O) groups excluding carboxylic acids is 2. The molecule has 0 aliphatic carbocycles. The zero-order valence-electron chi connectivity index (χ0n) is 9.39. The number of amides is 2. The molecule has 1 rings (SSSR count). The van der Waals surface area contributed by atoms with E-state index in [1.165, 1.54) is 11.8 Å². The van der Waals surface area contributed by atoms with Gasteiger partial charge in [-0.05, 0) is 12.3 Å². The summed E-state index contributed by atoms with van der Waals surface area (Å²) in [7, 11) is 0. The number of imide groups is 1. The van der Waals surface area contributed by atoms with E-state index in [1.54, 1.807) is 0 Å². The number of hydrogen-bond donors (Lipinski definition) is 0. The molecule has 0 bridgehead atoms. The predicted molar refractivity (Wildman–Crippen MR) is 62.5 cm³/mol. The highest BCUT2D eigenvalue weighted by molar-refractivity contribution is 9.09. The average Bonchev–Trinajstić information content (AvgIpc) is 2.63. The number of nitriles is 2. The molecule has 0 aromatic heterocycles. The van der Waals surface area contributed by atoms with E-state index in [-0.39, 0.29) is 24.2 Å². The molecule has 0 aromatic carbocycles. The molecule has 1 heterocycles. The first kappa shape index (κ1) is 13.7. The van der Waals surface area contributed by atoms with E-state index in [0.29, 0.717) is 11.9 Å². The lowest BCUT2D eigenvalue weighted by Gasteiger charge is -2.13. The molecule has 1 aliphatic heterocycles. The number of likely N-dealkylation sites (tertiary alicyclic amines) is 1. The second-order valence-electron chi connectivity index (χ2n) is 4.04. The van der Waals surface area contributed by atoms with Crippen LogP contribution in [-0.2, 0) is 9.59 Å². The maximum Gasteiger partial charge on any atom is 0.232 e. The lowest BCUT2D eigenvalue weighted by Crippen LogP contribution is -2.32. The van der Waals surface area contributed by atoms with Gasteiger partial charge in [0.05, 0.1) is 12.1 Å². The highest BCUT2D eigenvalue weighted by atomic mass is 79.9. The molecule has 0 N–H and O–H groups in total. The first-order valence-electron chi connectivity index (χ1n) is 5.22. The summed E-state index contributed by atoms with van der Waals surface area (Å²) in [5.41, 5.74) is 0. The van der Waals surface area contributed by atoms with E-state index in [1.807, 2.05) is 12.1 Å². The van der Waals surface area contributed by atoms with E-state index >= 15 is 0 Å². The number of rotatable bonds is 3. The molecule has 0 aromatic rings. The van der Waals surface area contributed by atoms with Gasteiger partial charge in [-0.2, -0.15) is 10.5 Å². The number of carbonyl (C=O) groups is 2. The van der Waals surface area contributed by atoms with Gasteiger partial charge in [-0.3, -0.25) is 14.5 Å². The van der Waals surface area contributed by atoms with Gasteiger partial charge in [-0.15, -0.1) is 0 Å². The Hall–Kier alpha value is -1.40. The van der Waals surface area contributed by atoms with Crippen LogP contribution >= 0.6 is 15.9 Å². The minimum atomic E-state index is -0.794. The lowest BCUT2D eigenvalue weighted by atomic mass is 9.88. The van der Waals surface area contributed by atoms with Gasteiger partial charge < -0.3 is 0 Å². The number of nitrogens with zero attached hydrogens (tertiary/aromatic N) is 3. The van der Waals surface area contributed by atoms with Crippen LogP contribution in [0.5, 0.6) is 0 Å². The molecule has 0 radical (unpaired) electrons. The van der Waals surface area contributed by atoms with Crippen LogP contribution in [0.25, 0.3) is 0 Å². The maximum atomic E-state index is 11.9. The Balaban J connectivity index is 2.84. The Morgan fingerprint density at radius 3 is 2.59 bits per heavy atom. The SMILES string of the molecule is CC(=O)N1C[C@H](CBr)[C@@H](CC(C#N)C#N)C1=O. The minimum absolute atomic E-state index is 0.0180. The molecular weight excluding hydrogens is 286 g/mol. The summed E-state index contributed by atoms with van der Waals surface area (Å²) in [6.07, 6.45) is 0.200. The summed E-state index contributed by atoms with van der Waals surface area (Å²) in [6, 6.07) is 3.71. The molecule has 2 amide bonds. The molecule has 17 heavy (non-hydrogen) atoms. The van der Waals surface area contributed by atoms with Crippen LogP contribution in [0.1, 0.15) is 13.3 Å². The third-order valence-electron chi connectivity index (χ3n) is 2.95.